The highest BCUT2D eigenvalue weighted by molar-refractivity contribution is 6.77. The van der Waals surface area contributed by atoms with E-state index in [-0.39, 0.29) is 0 Å². The molecule has 5 aliphatic rings. The summed E-state index contributed by atoms with van der Waals surface area (Å²) < 4.78 is 7.37. The van der Waals surface area contributed by atoms with E-state index >= 15 is 0 Å². The van der Waals surface area contributed by atoms with Gasteiger partial charge in [-0.2, -0.15) is 0 Å². The fourth-order valence-electron chi connectivity index (χ4n) is 11.9. The van der Waals surface area contributed by atoms with Crippen molar-refractivity contribution in [3.8, 4) is 0 Å². The van der Waals surface area contributed by atoms with E-state index < -0.39 is 8.32 Å². The Hall–Kier alpha value is -0.343. The van der Waals surface area contributed by atoms with Crippen LogP contribution in [0.5, 0.6) is 0 Å². The smallest absolute Gasteiger partial charge is 0.200 e. The van der Waals surface area contributed by atoms with Crippen LogP contribution in [0.3, 0.4) is 0 Å². The van der Waals surface area contributed by atoms with Crippen molar-refractivity contribution in [3.05, 3.63) is 23.8 Å². The third kappa shape index (κ3) is 5.12. The van der Waals surface area contributed by atoms with Crippen LogP contribution in [0.25, 0.3) is 0 Å². The van der Waals surface area contributed by atoms with Crippen molar-refractivity contribution in [1.29, 1.82) is 0 Å². The predicted molar refractivity (Wildman–Crippen MR) is 171 cm³/mol. The monoisotopic (exact) mass is 552 g/mol. The molecule has 0 spiro atoms. The normalized spacial score (nSPS) is 40.3. The van der Waals surface area contributed by atoms with Gasteiger partial charge in [0.15, 0.2) is 0 Å². The average molecular weight is 553 g/mol. The summed E-state index contributed by atoms with van der Waals surface area (Å²) in [6.07, 6.45) is 25.4. The third-order valence-corrected chi connectivity index (χ3v) is 20.1. The average Bonchev–Trinajstić information content (AvgIpc) is 3.52. The number of hydrogen-bond acceptors (Lipinski definition) is 1. The molecule has 5 aliphatic carbocycles. The molecule has 0 aromatic carbocycles. The maximum atomic E-state index is 7.37. The standard InChI is InChI=1S/C37H64OSi/c1-25(2)39(26(3)4,27(5)6)38-31-20-22-36(8)30(24-31)16-17-32-34-19-18-33(37(34,9)23-21-35(32)36)28(7)14-15-29-12-10-11-13-29/h14-16,25-29,31-35H,10-13,17-24H2,1-9H3/b15-14+/t28-,31+,32+,33-,34+,35+,36+,37-/m1/s1. The van der Waals surface area contributed by atoms with Gasteiger partial charge in [-0.15, -0.1) is 0 Å². The SMILES string of the molecule is CC(C)[Si](O[C@H]1CC[C@@]2(C)C(=CC[C@H]3[C@@H]4CC[C@H]([C@H](C)/C=C/C5CCCC5)[C@@]4(C)CC[C@@H]32)C1)(C(C)C)C(C)C. The summed E-state index contributed by atoms with van der Waals surface area (Å²) in [5, 5.41) is 0. The lowest BCUT2D eigenvalue weighted by Crippen LogP contribution is -2.53. The van der Waals surface area contributed by atoms with Gasteiger partial charge in [-0.3, -0.25) is 0 Å². The van der Waals surface area contributed by atoms with Crippen molar-refractivity contribution in [2.45, 2.75) is 162 Å². The zero-order chi connectivity index (χ0) is 28.2. The quantitative estimate of drug-likeness (QED) is 0.215. The molecule has 0 aromatic rings. The first-order valence-electron chi connectivity index (χ1n) is 17.5. The molecular formula is C37H64OSi. The highest BCUT2D eigenvalue weighted by Gasteiger charge is 2.59. The van der Waals surface area contributed by atoms with Gasteiger partial charge in [-0.05, 0) is 127 Å². The Kier molecular flexibility index (Phi) is 8.80. The Morgan fingerprint density at radius 2 is 1.49 bits per heavy atom. The first-order valence-corrected chi connectivity index (χ1v) is 19.6. The first-order chi connectivity index (χ1) is 18.4. The van der Waals surface area contributed by atoms with Crippen LogP contribution in [0.1, 0.15) is 139 Å². The molecule has 0 saturated heterocycles. The highest BCUT2D eigenvalue weighted by atomic mass is 28.4. The highest BCUT2D eigenvalue weighted by Crippen LogP contribution is 2.67. The molecule has 4 fully saturated rings. The molecule has 0 bridgehead atoms. The van der Waals surface area contributed by atoms with Crippen molar-refractivity contribution in [1.82, 2.24) is 0 Å². The molecule has 0 aliphatic heterocycles. The molecule has 5 rings (SSSR count). The Morgan fingerprint density at radius 3 is 2.13 bits per heavy atom. The molecule has 39 heavy (non-hydrogen) atoms. The summed E-state index contributed by atoms with van der Waals surface area (Å²) in [5.41, 5.74) is 4.81. The van der Waals surface area contributed by atoms with Crippen LogP contribution in [0.15, 0.2) is 23.8 Å². The van der Waals surface area contributed by atoms with Gasteiger partial charge in [0.2, 0.25) is 8.32 Å². The lowest BCUT2D eigenvalue weighted by molar-refractivity contribution is -0.0534. The Labute approximate surface area is 244 Å². The van der Waals surface area contributed by atoms with E-state index in [1.807, 2.05) is 0 Å². The van der Waals surface area contributed by atoms with Crippen LogP contribution in [-0.4, -0.2) is 14.4 Å². The van der Waals surface area contributed by atoms with Gasteiger partial charge in [0, 0.05) is 6.10 Å². The summed E-state index contributed by atoms with van der Waals surface area (Å²) in [7, 11) is -1.83. The van der Waals surface area contributed by atoms with Crippen LogP contribution in [0.2, 0.25) is 16.6 Å². The summed E-state index contributed by atoms with van der Waals surface area (Å²) in [6.45, 7) is 22.7. The van der Waals surface area contributed by atoms with Crippen LogP contribution in [-0.2, 0) is 4.43 Å². The van der Waals surface area contributed by atoms with Gasteiger partial charge in [0.05, 0.1) is 0 Å². The molecule has 0 N–H and O–H groups in total. The maximum Gasteiger partial charge on any atom is 0.200 e. The van der Waals surface area contributed by atoms with Crippen molar-refractivity contribution in [3.63, 3.8) is 0 Å². The molecule has 4 saturated carbocycles. The molecule has 0 amide bonds. The Bertz CT molecular complexity index is 887. The number of allylic oxidation sites excluding steroid dienone is 3. The summed E-state index contributed by atoms with van der Waals surface area (Å²) in [5.74, 6) is 5.29. The second-order valence-electron chi connectivity index (χ2n) is 16.6. The minimum Gasteiger partial charge on any atom is -0.413 e. The molecule has 0 aromatic heterocycles. The van der Waals surface area contributed by atoms with Crippen molar-refractivity contribution in [2.75, 3.05) is 0 Å². The van der Waals surface area contributed by atoms with E-state index in [1.165, 1.54) is 77.0 Å². The minimum absolute atomic E-state index is 0.424. The Balaban J connectivity index is 1.30. The molecule has 0 radical (unpaired) electrons. The summed E-state index contributed by atoms with van der Waals surface area (Å²) >= 11 is 0. The number of hydrogen-bond donors (Lipinski definition) is 0. The number of rotatable bonds is 8. The van der Waals surface area contributed by atoms with Gasteiger partial charge in [0.25, 0.3) is 0 Å². The molecule has 2 heteroatoms. The number of fused-ring (bicyclic) bond motifs is 5. The van der Waals surface area contributed by atoms with Gasteiger partial charge in [0.1, 0.15) is 0 Å². The van der Waals surface area contributed by atoms with E-state index in [4.69, 9.17) is 4.43 Å². The molecular weight excluding hydrogens is 488 g/mol. The third-order valence-electron chi connectivity index (χ3n) is 13.9. The predicted octanol–water partition coefficient (Wildman–Crippen LogP) is 11.5. The lowest BCUT2D eigenvalue weighted by Gasteiger charge is -2.59. The van der Waals surface area contributed by atoms with Crippen molar-refractivity contribution < 1.29 is 4.43 Å². The van der Waals surface area contributed by atoms with Gasteiger partial charge < -0.3 is 4.43 Å². The molecule has 0 heterocycles. The molecule has 1 nitrogen and oxygen atoms in total. The fraction of sp³-hybridized carbons (Fsp3) is 0.892. The van der Waals surface area contributed by atoms with E-state index in [0.717, 1.165) is 35.5 Å². The summed E-state index contributed by atoms with van der Waals surface area (Å²) in [6, 6.07) is 0. The lowest BCUT2D eigenvalue weighted by atomic mass is 9.47. The Morgan fingerprint density at radius 1 is 0.821 bits per heavy atom. The second-order valence-corrected chi connectivity index (χ2v) is 22.0. The largest absolute Gasteiger partial charge is 0.413 e. The minimum atomic E-state index is -1.83. The zero-order valence-electron chi connectivity index (χ0n) is 27.4. The van der Waals surface area contributed by atoms with Crippen molar-refractivity contribution >= 4 is 8.32 Å². The second kappa shape index (κ2) is 11.4. The fourth-order valence-corrected chi connectivity index (χ4v) is 17.5. The van der Waals surface area contributed by atoms with E-state index in [0.29, 0.717) is 33.6 Å². The summed E-state index contributed by atoms with van der Waals surface area (Å²) in [4.78, 5) is 0. The van der Waals surface area contributed by atoms with Gasteiger partial charge in [-0.25, -0.2) is 0 Å². The van der Waals surface area contributed by atoms with Crippen LogP contribution in [0, 0.1) is 46.3 Å². The van der Waals surface area contributed by atoms with E-state index in [9.17, 15) is 0 Å². The van der Waals surface area contributed by atoms with Crippen LogP contribution < -0.4 is 0 Å². The van der Waals surface area contributed by atoms with Crippen LogP contribution in [0.4, 0.5) is 0 Å². The molecule has 0 unspecified atom stereocenters. The van der Waals surface area contributed by atoms with E-state index in [1.54, 1.807) is 5.57 Å². The van der Waals surface area contributed by atoms with E-state index in [2.05, 4.69) is 80.5 Å². The van der Waals surface area contributed by atoms with Gasteiger partial charge in [-0.1, -0.05) is 99.0 Å². The van der Waals surface area contributed by atoms with Crippen LogP contribution >= 0.6 is 0 Å². The van der Waals surface area contributed by atoms with Gasteiger partial charge >= 0.3 is 0 Å². The maximum absolute atomic E-state index is 7.37. The molecule has 222 valence electrons. The first kappa shape index (κ1) is 30.1. The topological polar surface area (TPSA) is 9.23 Å². The van der Waals surface area contributed by atoms with Crippen molar-refractivity contribution in [2.24, 2.45) is 46.3 Å². The zero-order valence-corrected chi connectivity index (χ0v) is 28.4. The molecule has 8 atom stereocenters.